The second-order valence-corrected chi connectivity index (χ2v) is 5.89. The molecule has 0 spiro atoms. The first kappa shape index (κ1) is 16.0. The van der Waals surface area contributed by atoms with Gasteiger partial charge in [0.15, 0.2) is 0 Å². The summed E-state index contributed by atoms with van der Waals surface area (Å²) in [6.45, 7) is 9.48. The number of hydrogen-bond donors (Lipinski definition) is 2. The Kier molecular flexibility index (Phi) is 6.95. The summed E-state index contributed by atoms with van der Waals surface area (Å²) < 4.78 is 0. The zero-order chi connectivity index (χ0) is 13.5. The lowest BCUT2D eigenvalue weighted by molar-refractivity contribution is -0.124. The van der Waals surface area contributed by atoms with Crippen LogP contribution in [0.2, 0.25) is 0 Å². The summed E-state index contributed by atoms with van der Waals surface area (Å²) in [4.78, 5) is 11.9. The number of rotatable bonds is 5. The number of nitrogens with one attached hydrogen (secondary N) is 1. The fourth-order valence-electron chi connectivity index (χ4n) is 1.44. The fraction of sp³-hybridized carbons (Fsp3) is 0.667. The minimum Gasteiger partial charge on any atom is -0.410 e. The summed E-state index contributed by atoms with van der Waals surface area (Å²) in [5.74, 6) is 0.190. The monoisotopic (exact) mass is 258 g/mol. The van der Waals surface area contributed by atoms with E-state index in [2.05, 4.69) is 17.1 Å². The standard InChI is InChI=1S/C12H22N2O2S/c1-6-7-8-17-11(14-16)9(10(15)13-5)12(2,3)4/h6,9,16H,1,7-8H2,2-5H3,(H,13,15). The van der Waals surface area contributed by atoms with Gasteiger partial charge in [-0.2, -0.15) is 0 Å². The summed E-state index contributed by atoms with van der Waals surface area (Å²) in [6, 6.07) is 0. The fourth-order valence-corrected chi connectivity index (χ4v) is 2.62. The van der Waals surface area contributed by atoms with Crippen molar-refractivity contribution in [1.82, 2.24) is 5.32 Å². The maximum Gasteiger partial charge on any atom is 0.230 e. The Bertz CT molecular complexity index is 295. The molecule has 0 saturated heterocycles. The maximum atomic E-state index is 11.9. The van der Waals surface area contributed by atoms with E-state index >= 15 is 0 Å². The van der Waals surface area contributed by atoms with Gasteiger partial charge in [-0.15, -0.1) is 18.3 Å². The molecule has 0 aliphatic heterocycles. The van der Waals surface area contributed by atoms with E-state index in [1.807, 2.05) is 20.8 Å². The third-order valence-corrected chi connectivity index (χ3v) is 3.34. The van der Waals surface area contributed by atoms with Gasteiger partial charge in [-0.25, -0.2) is 0 Å². The van der Waals surface area contributed by atoms with Gasteiger partial charge in [0.1, 0.15) is 5.04 Å². The maximum absolute atomic E-state index is 11.9. The summed E-state index contributed by atoms with van der Waals surface area (Å²) in [7, 11) is 1.59. The third-order valence-electron chi connectivity index (χ3n) is 2.29. The van der Waals surface area contributed by atoms with Crippen molar-refractivity contribution in [3.05, 3.63) is 12.7 Å². The average Bonchev–Trinajstić information content (AvgIpc) is 2.25. The van der Waals surface area contributed by atoms with Gasteiger partial charge in [-0.3, -0.25) is 4.79 Å². The van der Waals surface area contributed by atoms with E-state index in [1.165, 1.54) is 11.8 Å². The van der Waals surface area contributed by atoms with Gasteiger partial charge in [0.25, 0.3) is 0 Å². The number of hydrogen-bond acceptors (Lipinski definition) is 4. The SMILES string of the molecule is C=CCCSC(=NO)C(C(=O)NC)C(C)(C)C. The molecule has 1 amide bonds. The highest BCUT2D eigenvalue weighted by atomic mass is 32.2. The number of carbonyl (C=O) groups excluding carboxylic acids is 1. The second-order valence-electron chi connectivity index (χ2n) is 4.78. The molecule has 4 nitrogen and oxygen atoms in total. The lowest BCUT2D eigenvalue weighted by Crippen LogP contribution is -2.40. The van der Waals surface area contributed by atoms with Gasteiger partial charge in [0.05, 0.1) is 5.92 Å². The molecule has 1 unspecified atom stereocenters. The van der Waals surface area contributed by atoms with Crippen LogP contribution in [-0.2, 0) is 4.79 Å². The molecule has 0 fully saturated rings. The molecule has 0 heterocycles. The van der Waals surface area contributed by atoms with Gasteiger partial charge in [-0.05, 0) is 11.8 Å². The van der Waals surface area contributed by atoms with Crippen LogP contribution < -0.4 is 5.32 Å². The summed E-state index contributed by atoms with van der Waals surface area (Å²) in [6.07, 6.45) is 2.61. The van der Waals surface area contributed by atoms with E-state index in [0.717, 1.165) is 12.2 Å². The molecular weight excluding hydrogens is 236 g/mol. The van der Waals surface area contributed by atoms with Crippen LogP contribution in [0.1, 0.15) is 27.2 Å². The highest BCUT2D eigenvalue weighted by Crippen LogP contribution is 2.31. The van der Waals surface area contributed by atoms with E-state index < -0.39 is 5.92 Å². The van der Waals surface area contributed by atoms with Gasteiger partial charge in [0, 0.05) is 12.8 Å². The number of carbonyl (C=O) groups is 1. The first-order valence-electron chi connectivity index (χ1n) is 5.55. The normalized spacial score (nSPS) is 14.2. The Morgan fingerprint density at radius 3 is 2.53 bits per heavy atom. The minimum atomic E-state index is -0.438. The highest BCUT2D eigenvalue weighted by molar-refractivity contribution is 8.14. The largest absolute Gasteiger partial charge is 0.410 e. The van der Waals surface area contributed by atoms with Crippen molar-refractivity contribution in [2.75, 3.05) is 12.8 Å². The van der Waals surface area contributed by atoms with E-state index in [0.29, 0.717) is 5.04 Å². The van der Waals surface area contributed by atoms with Crippen molar-refractivity contribution >= 4 is 22.7 Å². The van der Waals surface area contributed by atoms with E-state index in [4.69, 9.17) is 5.21 Å². The smallest absolute Gasteiger partial charge is 0.230 e. The van der Waals surface area contributed by atoms with Crippen molar-refractivity contribution < 1.29 is 10.0 Å². The number of amides is 1. The van der Waals surface area contributed by atoms with E-state index in [1.54, 1.807) is 13.1 Å². The highest BCUT2D eigenvalue weighted by Gasteiger charge is 2.35. The van der Waals surface area contributed by atoms with Crippen LogP contribution in [0.5, 0.6) is 0 Å². The van der Waals surface area contributed by atoms with Gasteiger partial charge in [0.2, 0.25) is 5.91 Å². The molecule has 98 valence electrons. The third kappa shape index (κ3) is 5.26. The minimum absolute atomic E-state index is 0.128. The van der Waals surface area contributed by atoms with Crippen LogP contribution in [0, 0.1) is 11.3 Å². The topological polar surface area (TPSA) is 61.7 Å². The first-order valence-corrected chi connectivity index (χ1v) is 6.54. The van der Waals surface area contributed by atoms with Crippen molar-refractivity contribution in [2.45, 2.75) is 27.2 Å². The molecular formula is C12H22N2O2S. The van der Waals surface area contributed by atoms with Crippen LogP contribution in [0.25, 0.3) is 0 Å². The second kappa shape index (κ2) is 7.37. The van der Waals surface area contributed by atoms with Crippen LogP contribution in [0.4, 0.5) is 0 Å². The van der Waals surface area contributed by atoms with Crippen LogP contribution >= 0.6 is 11.8 Å². The lowest BCUT2D eigenvalue weighted by atomic mass is 9.80. The zero-order valence-electron chi connectivity index (χ0n) is 11.0. The van der Waals surface area contributed by atoms with Crippen molar-refractivity contribution in [2.24, 2.45) is 16.5 Å². The molecule has 17 heavy (non-hydrogen) atoms. The zero-order valence-corrected chi connectivity index (χ0v) is 11.8. The molecule has 0 rings (SSSR count). The molecule has 0 aliphatic rings. The Morgan fingerprint density at radius 1 is 1.59 bits per heavy atom. The predicted octanol–water partition coefficient (Wildman–Crippen LogP) is 2.49. The molecule has 0 radical (unpaired) electrons. The number of allylic oxidation sites excluding steroid dienone is 1. The van der Waals surface area contributed by atoms with Gasteiger partial charge >= 0.3 is 0 Å². The summed E-state index contributed by atoms with van der Waals surface area (Å²) in [5.41, 5.74) is -0.289. The Hall–Kier alpha value is -0.970. The molecule has 0 bridgehead atoms. The summed E-state index contributed by atoms with van der Waals surface area (Å²) in [5, 5.41) is 15.4. The molecule has 0 aromatic heterocycles. The van der Waals surface area contributed by atoms with Crippen molar-refractivity contribution in [1.29, 1.82) is 0 Å². The lowest BCUT2D eigenvalue weighted by Gasteiger charge is -2.29. The van der Waals surface area contributed by atoms with E-state index in [-0.39, 0.29) is 11.3 Å². The molecule has 2 N–H and O–H groups in total. The Labute approximate surface area is 108 Å². The number of thioether (sulfide) groups is 1. The molecule has 1 atom stereocenters. The van der Waals surface area contributed by atoms with Gasteiger partial charge < -0.3 is 10.5 Å². The van der Waals surface area contributed by atoms with Crippen LogP contribution in [0.15, 0.2) is 17.8 Å². The summed E-state index contributed by atoms with van der Waals surface area (Å²) >= 11 is 1.39. The van der Waals surface area contributed by atoms with Gasteiger partial charge in [-0.1, -0.05) is 32.0 Å². The number of nitrogens with zero attached hydrogens (tertiary/aromatic N) is 1. The quantitative estimate of drug-likeness (QED) is 0.199. The van der Waals surface area contributed by atoms with Crippen LogP contribution in [-0.4, -0.2) is 29.0 Å². The predicted molar refractivity (Wildman–Crippen MR) is 73.5 cm³/mol. The van der Waals surface area contributed by atoms with Crippen molar-refractivity contribution in [3.8, 4) is 0 Å². The molecule has 0 saturated carbocycles. The van der Waals surface area contributed by atoms with Crippen molar-refractivity contribution in [3.63, 3.8) is 0 Å². The Morgan fingerprint density at radius 2 is 2.18 bits per heavy atom. The molecule has 0 aromatic carbocycles. The molecule has 0 aromatic rings. The average molecular weight is 258 g/mol. The first-order chi connectivity index (χ1) is 7.88. The number of oxime groups is 1. The Balaban J connectivity index is 4.88. The van der Waals surface area contributed by atoms with E-state index in [9.17, 15) is 4.79 Å². The molecule has 0 aliphatic carbocycles. The van der Waals surface area contributed by atoms with Crippen LogP contribution in [0.3, 0.4) is 0 Å². The molecule has 5 heteroatoms.